The summed E-state index contributed by atoms with van der Waals surface area (Å²) >= 11 is 5.95. The number of hydrogen-bond acceptors (Lipinski definition) is 3. The first-order valence-electron chi connectivity index (χ1n) is 8.97. The third-order valence-corrected chi connectivity index (χ3v) is 4.36. The van der Waals surface area contributed by atoms with Gasteiger partial charge in [0.25, 0.3) is 5.91 Å². The average molecular weight is 384 g/mol. The molecule has 0 fully saturated rings. The highest BCUT2D eigenvalue weighted by Crippen LogP contribution is 2.21. The van der Waals surface area contributed by atoms with E-state index in [9.17, 15) is 4.79 Å². The molecule has 3 aromatic rings. The lowest BCUT2D eigenvalue weighted by atomic mass is 10.1. The van der Waals surface area contributed by atoms with Gasteiger partial charge in [-0.15, -0.1) is 0 Å². The average Bonchev–Trinajstić information content (AvgIpc) is 2.69. The van der Waals surface area contributed by atoms with Gasteiger partial charge in [0.1, 0.15) is 18.1 Å². The van der Waals surface area contributed by atoms with Gasteiger partial charge in [-0.2, -0.15) is 0 Å². The number of ether oxygens (including phenoxy) is 2. The molecule has 1 amide bonds. The molecular formula is C22H22ClNO3. The predicted octanol–water partition coefficient (Wildman–Crippen LogP) is 4.85. The van der Waals surface area contributed by atoms with Crippen LogP contribution in [0.5, 0.6) is 11.5 Å². The first-order chi connectivity index (χ1) is 13.2. The van der Waals surface area contributed by atoms with Gasteiger partial charge in [-0.1, -0.05) is 54.9 Å². The van der Waals surface area contributed by atoms with E-state index in [0.717, 1.165) is 11.1 Å². The molecule has 0 unspecified atom stereocenters. The second-order valence-corrected chi connectivity index (χ2v) is 6.56. The topological polar surface area (TPSA) is 47.6 Å². The van der Waals surface area contributed by atoms with Gasteiger partial charge in [0.15, 0.2) is 6.10 Å². The number of halogens is 1. The van der Waals surface area contributed by atoms with Gasteiger partial charge in [0.05, 0.1) is 6.54 Å². The Balaban J connectivity index is 1.47. The number of carbonyl (C=O) groups excluding carboxylic acids is 1. The molecule has 3 aromatic carbocycles. The van der Waals surface area contributed by atoms with Crippen molar-refractivity contribution in [2.75, 3.05) is 13.2 Å². The smallest absolute Gasteiger partial charge is 0.261 e. The van der Waals surface area contributed by atoms with E-state index in [0.29, 0.717) is 30.3 Å². The van der Waals surface area contributed by atoms with E-state index in [2.05, 4.69) is 11.4 Å². The summed E-state index contributed by atoms with van der Waals surface area (Å²) in [6, 6.07) is 21.1. The Kier molecular flexibility index (Phi) is 6.55. The second-order valence-electron chi connectivity index (χ2n) is 6.12. The van der Waals surface area contributed by atoms with Gasteiger partial charge in [-0.3, -0.25) is 4.79 Å². The van der Waals surface area contributed by atoms with Gasteiger partial charge in [0.2, 0.25) is 0 Å². The SMILES string of the molecule is CC[C@H](Oc1cccc(Cl)c1)C(=O)NCCOc1ccc2ccccc2c1. The monoisotopic (exact) mass is 383 g/mol. The van der Waals surface area contributed by atoms with Crippen molar-refractivity contribution in [3.05, 3.63) is 71.8 Å². The molecule has 4 nitrogen and oxygen atoms in total. The molecule has 140 valence electrons. The lowest BCUT2D eigenvalue weighted by Crippen LogP contribution is -2.39. The van der Waals surface area contributed by atoms with Crippen molar-refractivity contribution in [2.45, 2.75) is 19.4 Å². The molecule has 0 spiro atoms. The van der Waals surface area contributed by atoms with Crippen molar-refractivity contribution in [3.63, 3.8) is 0 Å². The van der Waals surface area contributed by atoms with Crippen LogP contribution in [0, 0.1) is 0 Å². The predicted molar refractivity (Wildman–Crippen MR) is 109 cm³/mol. The van der Waals surface area contributed by atoms with Crippen molar-refractivity contribution < 1.29 is 14.3 Å². The molecule has 0 heterocycles. The summed E-state index contributed by atoms with van der Waals surface area (Å²) in [5, 5.41) is 5.72. The van der Waals surface area contributed by atoms with Crippen LogP contribution in [0.25, 0.3) is 10.8 Å². The number of hydrogen-bond donors (Lipinski definition) is 1. The second kappa shape index (κ2) is 9.28. The van der Waals surface area contributed by atoms with E-state index in [1.54, 1.807) is 24.3 Å². The van der Waals surface area contributed by atoms with E-state index in [1.165, 1.54) is 5.39 Å². The molecule has 27 heavy (non-hydrogen) atoms. The van der Waals surface area contributed by atoms with E-state index < -0.39 is 6.10 Å². The van der Waals surface area contributed by atoms with Crippen LogP contribution in [0.1, 0.15) is 13.3 Å². The Hall–Kier alpha value is -2.72. The first kappa shape index (κ1) is 19.1. The van der Waals surface area contributed by atoms with Gasteiger partial charge >= 0.3 is 0 Å². The minimum atomic E-state index is -0.566. The number of carbonyl (C=O) groups is 1. The highest BCUT2D eigenvalue weighted by atomic mass is 35.5. The van der Waals surface area contributed by atoms with Crippen molar-refractivity contribution in [1.82, 2.24) is 5.32 Å². The summed E-state index contributed by atoms with van der Waals surface area (Å²) in [6.45, 7) is 2.69. The molecule has 0 saturated carbocycles. The van der Waals surface area contributed by atoms with Gasteiger partial charge < -0.3 is 14.8 Å². The maximum Gasteiger partial charge on any atom is 0.261 e. The molecule has 1 atom stereocenters. The maximum atomic E-state index is 12.3. The number of fused-ring (bicyclic) bond motifs is 1. The van der Waals surface area contributed by atoms with Crippen LogP contribution in [0.15, 0.2) is 66.7 Å². The standard InChI is InChI=1S/C22H22ClNO3/c1-2-21(27-20-9-5-8-18(23)15-20)22(25)24-12-13-26-19-11-10-16-6-3-4-7-17(16)14-19/h3-11,14-15,21H,2,12-13H2,1H3,(H,24,25)/t21-/m0/s1. The molecule has 0 aliphatic heterocycles. The zero-order valence-electron chi connectivity index (χ0n) is 15.2. The van der Waals surface area contributed by atoms with Crippen LogP contribution in [0.3, 0.4) is 0 Å². The zero-order chi connectivity index (χ0) is 19.1. The van der Waals surface area contributed by atoms with Crippen molar-refractivity contribution in [1.29, 1.82) is 0 Å². The van der Waals surface area contributed by atoms with Crippen LogP contribution in [-0.4, -0.2) is 25.2 Å². The third kappa shape index (κ3) is 5.38. The fraction of sp³-hybridized carbons (Fsp3) is 0.227. The van der Waals surface area contributed by atoms with Gasteiger partial charge in [-0.05, 0) is 47.5 Å². The van der Waals surface area contributed by atoms with E-state index in [4.69, 9.17) is 21.1 Å². The van der Waals surface area contributed by atoms with Gasteiger partial charge in [-0.25, -0.2) is 0 Å². The van der Waals surface area contributed by atoms with Crippen molar-refractivity contribution >= 4 is 28.3 Å². The van der Waals surface area contributed by atoms with Crippen molar-refractivity contribution in [2.24, 2.45) is 0 Å². The molecule has 0 aliphatic carbocycles. The van der Waals surface area contributed by atoms with E-state index >= 15 is 0 Å². The van der Waals surface area contributed by atoms with Crippen molar-refractivity contribution in [3.8, 4) is 11.5 Å². The molecule has 0 radical (unpaired) electrons. The van der Waals surface area contributed by atoms with Gasteiger partial charge in [0, 0.05) is 5.02 Å². The summed E-state index contributed by atoms with van der Waals surface area (Å²) in [6.07, 6.45) is -0.00621. The number of amides is 1. The molecular weight excluding hydrogens is 362 g/mol. The Morgan fingerprint density at radius 1 is 1.00 bits per heavy atom. The first-order valence-corrected chi connectivity index (χ1v) is 9.35. The van der Waals surface area contributed by atoms with Crippen LogP contribution in [0.2, 0.25) is 5.02 Å². The van der Waals surface area contributed by atoms with Crippen LogP contribution in [-0.2, 0) is 4.79 Å². The highest BCUT2D eigenvalue weighted by molar-refractivity contribution is 6.30. The Morgan fingerprint density at radius 2 is 1.81 bits per heavy atom. The minimum Gasteiger partial charge on any atom is -0.492 e. The van der Waals surface area contributed by atoms with Crippen LogP contribution >= 0.6 is 11.6 Å². The fourth-order valence-electron chi connectivity index (χ4n) is 2.74. The molecule has 5 heteroatoms. The van der Waals surface area contributed by atoms with Crippen LogP contribution < -0.4 is 14.8 Å². The molecule has 0 aromatic heterocycles. The molecule has 0 aliphatic rings. The maximum absolute atomic E-state index is 12.3. The Morgan fingerprint density at radius 3 is 2.59 bits per heavy atom. The summed E-state index contributed by atoms with van der Waals surface area (Å²) in [4.78, 5) is 12.3. The quantitative estimate of drug-likeness (QED) is 0.566. The van der Waals surface area contributed by atoms with E-state index in [1.807, 2.05) is 43.3 Å². The minimum absolute atomic E-state index is 0.167. The third-order valence-electron chi connectivity index (χ3n) is 4.13. The lowest BCUT2D eigenvalue weighted by molar-refractivity contribution is -0.128. The summed E-state index contributed by atoms with van der Waals surface area (Å²) in [5.41, 5.74) is 0. The van der Waals surface area contributed by atoms with E-state index in [-0.39, 0.29) is 5.91 Å². The highest BCUT2D eigenvalue weighted by Gasteiger charge is 2.18. The Bertz CT molecular complexity index is 913. The Labute approximate surface area is 164 Å². The van der Waals surface area contributed by atoms with Crippen LogP contribution in [0.4, 0.5) is 0 Å². The molecule has 1 N–H and O–H groups in total. The molecule has 0 saturated heterocycles. The number of benzene rings is 3. The molecule has 3 rings (SSSR count). The summed E-state index contributed by atoms with van der Waals surface area (Å²) < 4.78 is 11.5. The number of nitrogens with one attached hydrogen (secondary N) is 1. The summed E-state index contributed by atoms with van der Waals surface area (Å²) in [5.74, 6) is 1.20. The fourth-order valence-corrected chi connectivity index (χ4v) is 2.92. The zero-order valence-corrected chi connectivity index (χ0v) is 15.9. The number of rotatable bonds is 8. The summed E-state index contributed by atoms with van der Waals surface area (Å²) in [7, 11) is 0. The lowest BCUT2D eigenvalue weighted by Gasteiger charge is -2.17. The normalized spacial score (nSPS) is 11.8. The molecule has 0 bridgehead atoms. The largest absolute Gasteiger partial charge is 0.492 e.